The summed E-state index contributed by atoms with van der Waals surface area (Å²) in [5.74, 6) is 1.03. The molecule has 0 bridgehead atoms. The summed E-state index contributed by atoms with van der Waals surface area (Å²) in [5.41, 5.74) is 1.03. The van der Waals surface area contributed by atoms with Crippen molar-refractivity contribution < 1.29 is 14.3 Å². The number of hydrogen-bond acceptors (Lipinski definition) is 3. The smallest absolute Gasteiger partial charge is 0.256 e. The van der Waals surface area contributed by atoms with Crippen LogP contribution in [0.4, 0.5) is 5.69 Å². The first-order chi connectivity index (χ1) is 12.9. The third-order valence-electron chi connectivity index (χ3n) is 4.26. The van der Waals surface area contributed by atoms with Crippen molar-refractivity contribution in [2.45, 2.75) is 52.7 Å². The first-order valence-corrected chi connectivity index (χ1v) is 9.65. The topological polar surface area (TPSA) is 47.6 Å². The minimum Gasteiger partial charge on any atom is -0.489 e. The average molecular weight is 370 g/mol. The van der Waals surface area contributed by atoms with Gasteiger partial charge in [-0.25, -0.2) is 0 Å². The summed E-state index contributed by atoms with van der Waals surface area (Å²) in [5, 5.41) is 2.98. The number of anilines is 1. The molecule has 0 heterocycles. The van der Waals surface area contributed by atoms with Gasteiger partial charge in [-0.3, -0.25) is 4.79 Å². The Hall–Kier alpha value is -2.33. The molecule has 0 radical (unpaired) electrons. The fraction of sp³-hybridized carbons (Fsp3) is 0.435. The van der Waals surface area contributed by atoms with Crippen LogP contribution in [0.1, 0.15) is 46.1 Å². The van der Waals surface area contributed by atoms with Gasteiger partial charge in [-0.15, -0.1) is 0 Å². The monoisotopic (exact) mass is 369 g/mol. The van der Waals surface area contributed by atoms with E-state index in [0.29, 0.717) is 25.6 Å². The molecule has 1 N–H and O–H groups in total. The van der Waals surface area contributed by atoms with Gasteiger partial charge in [0.1, 0.15) is 18.0 Å². The van der Waals surface area contributed by atoms with E-state index in [0.717, 1.165) is 23.4 Å². The highest BCUT2D eigenvalue weighted by atomic mass is 16.5. The number of rotatable bonds is 10. The summed E-state index contributed by atoms with van der Waals surface area (Å²) in [7, 11) is 0. The van der Waals surface area contributed by atoms with Crippen LogP contribution in [-0.2, 0) is 16.1 Å². The van der Waals surface area contributed by atoms with Crippen LogP contribution in [0.15, 0.2) is 54.6 Å². The fourth-order valence-corrected chi connectivity index (χ4v) is 2.96. The van der Waals surface area contributed by atoms with Crippen LogP contribution in [-0.4, -0.2) is 18.1 Å². The van der Waals surface area contributed by atoms with Gasteiger partial charge in [0.25, 0.3) is 5.91 Å². The summed E-state index contributed by atoms with van der Waals surface area (Å²) in [4.78, 5) is 12.8. The lowest BCUT2D eigenvalue weighted by molar-refractivity contribution is -0.141. The molecule has 2 aromatic rings. The van der Waals surface area contributed by atoms with Crippen LogP contribution < -0.4 is 10.1 Å². The molecular formula is C23H31NO3. The van der Waals surface area contributed by atoms with Crippen molar-refractivity contribution in [1.82, 2.24) is 0 Å². The zero-order chi connectivity index (χ0) is 19.7. The summed E-state index contributed by atoms with van der Waals surface area (Å²) in [6.07, 6.45) is 1.56. The van der Waals surface area contributed by atoms with E-state index >= 15 is 0 Å². The second-order valence-corrected chi connectivity index (χ2v) is 7.43. The average Bonchev–Trinajstić information content (AvgIpc) is 2.66. The molecule has 2 rings (SSSR count). The highest BCUT2D eigenvalue weighted by Crippen LogP contribution is 2.24. The van der Waals surface area contributed by atoms with Gasteiger partial charge < -0.3 is 14.8 Å². The van der Waals surface area contributed by atoms with Gasteiger partial charge >= 0.3 is 0 Å². The predicted molar refractivity (Wildman–Crippen MR) is 110 cm³/mol. The van der Waals surface area contributed by atoms with Crippen LogP contribution >= 0.6 is 0 Å². The maximum Gasteiger partial charge on any atom is 0.256 e. The molecule has 0 aromatic heterocycles. The first-order valence-electron chi connectivity index (χ1n) is 9.65. The van der Waals surface area contributed by atoms with Crippen LogP contribution in [0, 0.1) is 5.92 Å². The summed E-state index contributed by atoms with van der Waals surface area (Å²) >= 11 is 0. The minimum atomic E-state index is -0.827. The van der Waals surface area contributed by atoms with Crippen molar-refractivity contribution in [2.24, 2.45) is 5.92 Å². The molecular weight excluding hydrogens is 338 g/mol. The molecule has 4 nitrogen and oxygen atoms in total. The van der Waals surface area contributed by atoms with E-state index in [9.17, 15) is 4.79 Å². The summed E-state index contributed by atoms with van der Waals surface area (Å²) in [6, 6.07) is 17.5. The second-order valence-electron chi connectivity index (χ2n) is 7.43. The Balaban J connectivity index is 1.96. The van der Waals surface area contributed by atoms with E-state index in [4.69, 9.17) is 9.47 Å². The van der Waals surface area contributed by atoms with E-state index in [2.05, 4.69) is 19.2 Å². The summed E-state index contributed by atoms with van der Waals surface area (Å²) in [6.45, 7) is 9.20. The summed E-state index contributed by atoms with van der Waals surface area (Å²) < 4.78 is 11.7. The highest BCUT2D eigenvalue weighted by Gasteiger charge is 2.34. The molecule has 4 heteroatoms. The molecule has 0 saturated heterocycles. The molecule has 0 spiro atoms. The molecule has 146 valence electrons. The number of ether oxygens (including phenoxy) is 2. The lowest BCUT2D eigenvalue weighted by Crippen LogP contribution is -2.44. The normalized spacial score (nSPS) is 13.2. The van der Waals surface area contributed by atoms with Crippen LogP contribution in [0.3, 0.4) is 0 Å². The van der Waals surface area contributed by atoms with E-state index in [1.165, 1.54) is 0 Å². The minimum absolute atomic E-state index is 0.109. The Morgan fingerprint density at radius 3 is 2.33 bits per heavy atom. The third kappa shape index (κ3) is 6.72. The number of benzene rings is 2. The maximum atomic E-state index is 12.8. The zero-order valence-corrected chi connectivity index (χ0v) is 16.8. The third-order valence-corrected chi connectivity index (χ3v) is 4.26. The van der Waals surface area contributed by atoms with Crippen LogP contribution in [0.25, 0.3) is 0 Å². The standard InChI is InChI=1S/C23H31NO3/c1-5-15-27-23(4,16-18(2)3)22(25)24-20-11-13-21(14-12-20)26-17-19-9-7-6-8-10-19/h6-14,18H,5,15-17H2,1-4H3,(H,24,25)/t23-/m0/s1. The van der Waals surface area contributed by atoms with Gasteiger partial charge in [-0.2, -0.15) is 0 Å². The van der Waals surface area contributed by atoms with E-state index in [-0.39, 0.29) is 5.91 Å². The predicted octanol–water partition coefficient (Wildman–Crippen LogP) is 5.44. The van der Waals surface area contributed by atoms with Gasteiger partial charge in [0.2, 0.25) is 0 Å². The molecule has 1 amide bonds. The Kier molecular flexibility index (Phi) is 7.86. The second kappa shape index (κ2) is 10.1. The van der Waals surface area contributed by atoms with Crippen molar-refractivity contribution in [3.8, 4) is 5.75 Å². The van der Waals surface area contributed by atoms with Crippen LogP contribution in [0.5, 0.6) is 5.75 Å². The molecule has 27 heavy (non-hydrogen) atoms. The number of carbonyl (C=O) groups excluding carboxylic acids is 1. The van der Waals surface area contributed by atoms with Gasteiger partial charge in [0.15, 0.2) is 0 Å². The molecule has 0 fully saturated rings. The van der Waals surface area contributed by atoms with E-state index < -0.39 is 5.60 Å². The Bertz CT molecular complexity index is 697. The highest BCUT2D eigenvalue weighted by molar-refractivity contribution is 5.97. The maximum absolute atomic E-state index is 12.8. The lowest BCUT2D eigenvalue weighted by atomic mass is 9.93. The van der Waals surface area contributed by atoms with Crippen molar-refractivity contribution in [2.75, 3.05) is 11.9 Å². The van der Waals surface area contributed by atoms with Crippen molar-refractivity contribution >= 4 is 11.6 Å². The number of hydrogen-bond donors (Lipinski definition) is 1. The Morgan fingerprint density at radius 1 is 1.07 bits per heavy atom. The Morgan fingerprint density at radius 2 is 1.74 bits per heavy atom. The lowest BCUT2D eigenvalue weighted by Gasteiger charge is -2.30. The van der Waals surface area contributed by atoms with Crippen molar-refractivity contribution in [1.29, 1.82) is 0 Å². The van der Waals surface area contributed by atoms with Gasteiger partial charge in [-0.1, -0.05) is 51.1 Å². The Labute approximate surface area is 162 Å². The van der Waals surface area contributed by atoms with E-state index in [1.54, 1.807) is 0 Å². The van der Waals surface area contributed by atoms with Crippen molar-refractivity contribution in [3.05, 3.63) is 60.2 Å². The van der Waals surface area contributed by atoms with Gasteiger partial charge in [0.05, 0.1) is 0 Å². The molecule has 2 aromatic carbocycles. The van der Waals surface area contributed by atoms with Crippen molar-refractivity contribution in [3.63, 3.8) is 0 Å². The largest absolute Gasteiger partial charge is 0.489 e. The fourth-order valence-electron chi connectivity index (χ4n) is 2.96. The van der Waals surface area contributed by atoms with Gasteiger partial charge in [0, 0.05) is 12.3 Å². The molecule has 1 atom stereocenters. The number of nitrogens with one attached hydrogen (secondary N) is 1. The molecule has 0 aliphatic carbocycles. The first kappa shape index (κ1) is 21.0. The molecule has 0 saturated carbocycles. The van der Waals surface area contributed by atoms with Gasteiger partial charge in [-0.05, 0) is 55.5 Å². The SMILES string of the molecule is CCCO[C@@](C)(CC(C)C)C(=O)Nc1ccc(OCc2ccccc2)cc1. The molecule has 0 aliphatic heterocycles. The zero-order valence-electron chi connectivity index (χ0n) is 16.8. The number of carbonyl (C=O) groups is 1. The molecule has 0 unspecified atom stereocenters. The molecule has 0 aliphatic rings. The quantitative estimate of drug-likeness (QED) is 0.607. The van der Waals surface area contributed by atoms with Crippen LogP contribution in [0.2, 0.25) is 0 Å². The number of amides is 1. The van der Waals surface area contributed by atoms with E-state index in [1.807, 2.05) is 68.4 Å².